The van der Waals surface area contributed by atoms with E-state index in [1.807, 2.05) is 0 Å². The number of hydrogen-bond donors (Lipinski definition) is 3. The molecule has 0 atom stereocenters. The molecule has 0 radical (unpaired) electrons. The zero-order valence-electron chi connectivity index (χ0n) is 5.50. The molecule has 0 aliphatic carbocycles. The van der Waals surface area contributed by atoms with Crippen LogP contribution in [0.1, 0.15) is 0 Å². The highest BCUT2D eigenvalue weighted by Gasteiger charge is 1.90. The first-order chi connectivity index (χ1) is 4.77. The van der Waals surface area contributed by atoms with Gasteiger partial charge in [0.1, 0.15) is 0 Å². The summed E-state index contributed by atoms with van der Waals surface area (Å²) in [5.41, 5.74) is 0. The van der Waals surface area contributed by atoms with Gasteiger partial charge in [-0.2, -0.15) is 0 Å². The molecule has 0 saturated heterocycles. The summed E-state index contributed by atoms with van der Waals surface area (Å²) < 4.78 is 0. The third-order valence-corrected chi connectivity index (χ3v) is 0.771. The molecule has 4 nitrogen and oxygen atoms in total. The van der Waals surface area contributed by atoms with Crippen molar-refractivity contribution in [3.63, 3.8) is 0 Å². The van der Waals surface area contributed by atoms with Crippen LogP contribution in [0.2, 0.25) is 0 Å². The van der Waals surface area contributed by atoms with Gasteiger partial charge in [-0.15, -0.1) is 0 Å². The van der Waals surface area contributed by atoms with E-state index in [1.54, 1.807) is 6.08 Å². The molecule has 56 valence electrons. The highest BCUT2D eigenvalue weighted by atomic mass is 16.4. The average Bonchev–Trinajstić information content (AvgIpc) is 1.87. The van der Waals surface area contributed by atoms with E-state index in [2.05, 4.69) is 5.32 Å². The second kappa shape index (κ2) is 5.97. The number of allylic oxidation sites excluding steroid dienone is 1. The molecule has 0 aromatic carbocycles. The molecule has 0 heterocycles. The van der Waals surface area contributed by atoms with Gasteiger partial charge in [-0.05, 0) is 6.08 Å². The minimum absolute atomic E-state index is 0.0393. The van der Waals surface area contributed by atoms with Crippen molar-refractivity contribution >= 4 is 12.2 Å². The SMILES string of the molecule is N=C/C=C\CNCC(=O)O. The average molecular weight is 142 g/mol. The number of hydrogen-bond acceptors (Lipinski definition) is 3. The molecule has 10 heavy (non-hydrogen) atoms. The predicted molar refractivity (Wildman–Crippen MR) is 38.4 cm³/mol. The Morgan fingerprint density at radius 1 is 1.70 bits per heavy atom. The molecular formula is C6H10N2O2. The predicted octanol–water partition coefficient (Wildman–Crippen LogP) is -0.134. The highest BCUT2D eigenvalue weighted by molar-refractivity contribution is 5.69. The van der Waals surface area contributed by atoms with Gasteiger partial charge in [0.15, 0.2) is 0 Å². The van der Waals surface area contributed by atoms with Crippen molar-refractivity contribution in [3.05, 3.63) is 12.2 Å². The van der Waals surface area contributed by atoms with Crippen LogP contribution < -0.4 is 5.32 Å². The number of nitrogens with one attached hydrogen (secondary N) is 2. The first kappa shape index (κ1) is 8.84. The minimum atomic E-state index is -0.872. The van der Waals surface area contributed by atoms with Crippen molar-refractivity contribution in [1.82, 2.24) is 5.32 Å². The van der Waals surface area contributed by atoms with Crippen LogP contribution >= 0.6 is 0 Å². The molecule has 0 fully saturated rings. The number of carbonyl (C=O) groups is 1. The maximum Gasteiger partial charge on any atom is 0.317 e. The van der Waals surface area contributed by atoms with Crippen molar-refractivity contribution < 1.29 is 9.90 Å². The van der Waals surface area contributed by atoms with Crippen LogP contribution in [-0.2, 0) is 4.79 Å². The Morgan fingerprint density at radius 3 is 2.90 bits per heavy atom. The van der Waals surface area contributed by atoms with E-state index < -0.39 is 5.97 Å². The van der Waals surface area contributed by atoms with Crippen LogP contribution in [-0.4, -0.2) is 30.4 Å². The molecule has 0 saturated carbocycles. The standard InChI is InChI=1S/C6H10N2O2/c7-3-1-2-4-8-5-6(9)10/h1-3,7-8H,4-5H2,(H,9,10)/b2-1-,7-3?. The summed E-state index contributed by atoms with van der Waals surface area (Å²) in [5, 5.41) is 17.3. The van der Waals surface area contributed by atoms with Crippen LogP contribution in [0.15, 0.2) is 12.2 Å². The maximum absolute atomic E-state index is 9.90. The first-order valence-electron chi connectivity index (χ1n) is 2.85. The summed E-state index contributed by atoms with van der Waals surface area (Å²) in [6, 6.07) is 0. The molecule has 0 unspecified atom stereocenters. The topological polar surface area (TPSA) is 73.2 Å². The fraction of sp³-hybridized carbons (Fsp3) is 0.333. The molecule has 0 rings (SSSR count). The van der Waals surface area contributed by atoms with E-state index in [1.165, 1.54) is 6.08 Å². The second-order valence-corrected chi connectivity index (χ2v) is 1.62. The third kappa shape index (κ3) is 6.84. The van der Waals surface area contributed by atoms with E-state index >= 15 is 0 Å². The van der Waals surface area contributed by atoms with Crippen LogP contribution in [0.3, 0.4) is 0 Å². The van der Waals surface area contributed by atoms with Crippen molar-refractivity contribution in [3.8, 4) is 0 Å². The van der Waals surface area contributed by atoms with E-state index in [9.17, 15) is 4.79 Å². The Morgan fingerprint density at radius 2 is 2.40 bits per heavy atom. The summed E-state index contributed by atoms with van der Waals surface area (Å²) in [5.74, 6) is -0.872. The van der Waals surface area contributed by atoms with Gasteiger partial charge in [-0.1, -0.05) is 6.08 Å². The van der Waals surface area contributed by atoms with Crippen LogP contribution in [0.4, 0.5) is 0 Å². The number of aliphatic carboxylic acids is 1. The monoisotopic (exact) mass is 142 g/mol. The quantitative estimate of drug-likeness (QED) is 0.369. The summed E-state index contributed by atoms with van der Waals surface area (Å²) in [6.07, 6.45) is 4.35. The fourth-order valence-electron chi connectivity index (χ4n) is 0.399. The molecule has 0 bridgehead atoms. The van der Waals surface area contributed by atoms with E-state index in [-0.39, 0.29) is 6.54 Å². The Labute approximate surface area is 59.1 Å². The molecular weight excluding hydrogens is 132 g/mol. The first-order valence-corrected chi connectivity index (χ1v) is 2.85. The second-order valence-electron chi connectivity index (χ2n) is 1.62. The van der Waals surface area contributed by atoms with E-state index in [4.69, 9.17) is 10.5 Å². The van der Waals surface area contributed by atoms with Crippen LogP contribution in [0.5, 0.6) is 0 Å². The molecule has 0 amide bonds. The summed E-state index contributed by atoms with van der Waals surface area (Å²) in [4.78, 5) is 9.90. The highest BCUT2D eigenvalue weighted by Crippen LogP contribution is 1.65. The lowest BCUT2D eigenvalue weighted by Gasteiger charge is -1.92. The summed E-state index contributed by atoms with van der Waals surface area (Å²) >= 11 is 0. The normalized spacial score (nSPS) is 10.0. The molecule has 0 aliphatic heterocycles. The van der Waals surface area contributed by atoms with Gasteiger partial charge >= 0.3 is 5.97 Å². The molecule has 0 spiro atoms. The lowest BCUT2D eigenvalue weighted by molar-refractivity contribution is -0.135. The van der Waals surface area contributed by atoms with Gasteiger partial charge in [-0.25, -0.2) is 0 Å². The Kier molecular flexibility index (Phi) is 5.28. The zero-order valence-corrected chi connectivity index (χ0v) is 5.50. The number of carboxylic acids is 1. The zero-order chi connectivity index (χ0) is 7.82. The molecule has 0 aromatic rings. The van der Waals surface area contributed by atoms with Crippen molar-refractivity contribution in [2.45, 2.75) is 0 Å². The van der Waals surface area contributed by atoms with Gasteiger partial charge in [0.05, 0.1) is 6.54 Å². The molecule has 4 heteroatoms. The third-order valence-electron chi connectivity index (χ3n) is 0.771. The Balaban J connectivity index is 3.12. The summed E-state index contributed by atoms with van der Waals surface area (Å²) in [6.45, 7) is 0.448. The van der Waals surface area contributed by atoms with Crippen molar-refractivity contribution in [2.24, 2.45) is 0 Å². The largest absolute Gasteiger partial charge is 0.480 e. The van der Waals surface area contributed by atoms with Crippen molar-refractivity contribution in [2.75, 3.05) is 13.1 Å². The molecule has 3 N–H and O–H groups in total. The van der Waals surface area contributed by atoms with Gasteiger partial charge in [0.25, 0.3) is 0 Å². The lowest BCUT2D eigenvalue weighted by Crippen LogP contribution is -2.22. The number of rotatable bonds is 5. The minimum Gasteiger partial charge on any atom is -0.480 e. The van der Waals surface area contributed by atoms with Gasteiger partial charge in [-0.3, -0.25) is 4.79 Å². The van der Waals surface area contributed by atoms with Crippen LogP contribution in [0.25, 0.3) is 0 Å². The fourth-order valence-corrected chi connectivity index (χ4v) is 0.399. The molecule has 0 aliphatic rings. The number of carboxylic acid groups (broad SMARTS) is 1. The maximum atomic E-state index is 9.90. The lowest BCUT2D eigenvalue weighted by atomic mass is 10.5. The van der Waals surface area contributed by atoms with Crippen molar-refractivity contribution in [1.29, 1.82) is 5.41 Å². The Bertz CT molecular complexity index is 143. The van der Waals surface area contributed by atoms with Gasteiger partial charge in [0.2, 0.25) is 0 Å². The molecule has 0 aromatic heterocycles. The van der Waals surface area contributed by atoms with Gasteiger partial charge in [0, 0.05) is 12.8 Å². The Hall–Kier alpha value is -1.16. The summed E-state index contributed by atoms with van der Waals surface area (Å²) in [7, 11) is 0. The van der Waals surface area contributed by atoms with E-state index in [0.29, 0.717) is 6.54 Å². The van der Waals surface area contributed by atoms with E-state index in [0.717, 1.165) is 6.21 Å². The van der Waals surface area contributed by atoms with Gasteiger partial charge < -0.3 is 15.8 Å². The smallest absolute Gasteiger partial charge is 0.317 e. The van der Waals surface area contributed by atoms with Crippen LogP contribution in [0, 0.1) is 5.41 Å².